The number of sulfonamides is 1. The smallest absolute Gasteiger partial charge is 0.261 e. The molecule has 0 unspecified atom stereocenters. The molecule has 172 valence electrons. The summed E-state index contributed by atoms with van der Waals surface area (Å²) in [6.45, 7) is 3.91. The van der Waals surface area contributed by atoms with Crippen LogP contribution < -0.4 is 9.46 Å². The Kier molecular flexibility index (Phi) is 6.99. The topological polar surface area (TPSA) is 75.7 Å². The molecule has 6 nitrogen and oxygen atoms in total. The molecule has 3 aromatic carbocycles. The van der Waals surface area contributed by atoms with Crippen molar-refractivity contribution in [3.05, 3.63) is 90.0 Å². The van der Waals surface area contributed by atoms with Crippen LogP contribution in [-0.2, 0) is 10.0 Å². The summed E-state index contributed by atoms with van der Waals surface area (Å²) in [4.78, 5) is 14.8. The lowest BCUT2D eigenvalue weighted by Crippen LogP contribution is -2.39. The van der Waals surface area contributed by atoms with Crippen LogP contribution in [0.2, 0.25) is 0 Å². The first-order valence-corrected chi connectivity index (χ1v) is 12.6. The molecule has 4 rings (SSSR count). The quantitative estimate of drug-likeness (QED) is 0.549. The van der Waals surface area contributed by atoms with Crippen LogP contribution in [0.15, 0.2) is 83.8 Å². The largest absolute Gasteiger partial charge is 0.493 e. The average molecular weight is 465 g/mol. The lowest BCUT2D eigenvalue weighted by Gasteiger charge is -2.32. The molecule has 0 atom stereocenters. The Balaban J connectivity index is 1.31. The Bertz CT molecular complexity index is 1170. The summed E-state index contributed by atoms with van der Waals surface area (Å²) in [6.07, 6.45) is 1.76. The van der Waals surface area contributed by atoms with Gasteiger partial charge in [-0.3, -0.25) is 9.52 Å². The number of anilines is 1. The van der Waals surface area contributed by atoms with Gasteiger partial charge in [-0.2, -0.15) is 0 Å². The number of para-hydroxylation sites is 1. The Morgan fingerprint density at radius 1 is 0.939 bits per heavy atom. The summed E-state index contributed by atoms with van der Waals surface area (Å²) in [5.41, 5.74) is 2.04. The van der Waals surface area contributed by atoms with E-state index in [1.54, 1.807) is 24.3 Å². The van der Waals surface area contributed by atoms with Crippen LogP contribution in [0.5, 0.6) is 5.75 Å². The van der Waals surface area contributed by atoms with Crippen molar-refractivity contribution < 1.29 is 17.9 Å². The highest BCUT2D eigenvalue weighted by Gasteiger charge is 2.24. The first-order chi connectivity index (χ1) is 15.9. The first-order valence-electron chi connectivity index (χ1n) is 11.1. The Labute approximate surface area is 195 Å². The number of likely N-dealkylation sites (tertiary alicyclic amines) is 1. The van der Waals surface area contributed by atoms with Crippen molar-refractivity contribution in [3.63, 3.8) is 0 Å². The van der Waals surface area contributed by atoms with Gasteiger partial charge in [-0.25, -0.2) is 8.42 Å². The molecule has 0 aliphatic carbocycles. The molecule has 3 aromatic rings. The van der Waals surface area contributed by atoms with Gasteiger partial charge in [-0.05, 0) is 74.2 Å². The molecule has 1 amide bonds. The number of hydrogen-bond donors (Lipinski definition) is 1. The van der Waals surface area contributed by atoms with Crippen LogP contribution >= 0.6 is 0 Å². The van der Waals surface area contributed by atoms with Gasteiger partial charge in [0, 0.05) is 24.3 Å². The highest BCUT2D eigenvalue weighted by Crippen LogP contribution is 2.22. The summed E-state index contributed by atoms with van der Waals surface area (Å²) in [6, 6.07) is 23.0. The molecule has 1 fully saturated rings. The highest BCUT2D eigenvalue weighted by molar-refractivity contribution is 7.92. The van der Waals surface area contributed by atoms with Gasteiger partial charge in [0.2, 0.25) is 0 Å². The molecular formula is C26H28N2O4S. The number of benzene rings is 3. The van der Waals surface area contributed by atoms with Crippen LogP contribution in [-0.4, -0.2) is 38.9 Å². The maximum absolute atomic E-state index is 12.9. The van der Waals surface area contributed by atoms with Crippen molar-refractivity contribution in [2.75, 3.05) is 24.4 Å². The van der Waals surface area contributed by atoms with E-state index in [2.05, 4.69) is 4.72 Å². The zero-order valence-corrected chi connectivity index (χ0v) is 19.4. The van der Waals surface area contributed by atoms with Gasteiger partial charge >= 0.3 is 0 Å². The molecule has 0 radical (unpaired) electrons. The van der Waals surface area contributed by atoms with Crippen molar-refractivity contribution in [3.8, 4) is 5.75 Å². The van der Waals surface area contributed by atoms with Crippen molar-refractivity contribution in [1.29, 1.82) is 0 Å². The number of nitrogens with one attached hydrogen (secondary N) is 1. The summed E-state index contributed by atoms with van der Waals surface area (Å²) in [7, 11) is -3.72. The molecule has 0 bridgehead atoms. The SMILES string of the molecule is Cc1ccc(NS(=O)(=O)c2ccc(C(=O)N3CCC(COc4ccccc4)CC3)cc2)cc1. The van der Waals surface area contributed by atoms with Crippen LogP contribution in [0, 0.1) is 12.8 Å². The third kappa shape index (κ3) is 5.93. The van der Waals surface area contributed by atoms with Crippen molar-refractivity contribution >= 4 is 21.6 Å². The van der Waals surface area contributed by atoms with E-state index in [4.69, 9.17) is 4.74 Å². The van der Waals surface area contributed by atoms with Gasteiger partial charge < -0.3 is 9.64 Å². The van der Waals surface area contributed by atoms with Gasteiger partial charge in [0.15, 0.2) is 0 Å². The number of amides is 1. The minimum absolute atomic E-state index is 0.0760. The Hall–Kier alpha value is -3.32. The van der Waals surface area contributed by atoms with E-state index in [9.17, 15) is 13.2 Å². The van der Waals surface area contributed by atoms with E-state index < -0.39 is 10.0 Å². The fraction of sp³-hybridized carbons (Fsp3) is 0.269. The minimum atomic E-state index is -3.72. The summed E-state index contributed by atoms with van der Waals surface area (Å²) < 4.78 is 33.7. The number of ether oxygens (including phenoxy) is 1. The second-order valence-electron chi connectivity index (χ2n) is 8.36. The molecule has 0 aromatic heterocycles. The predicted octanol–water partition coefficient (Wildman–Crippen LogP) is 4.73. The first kappa shape index (κ1) is 22.9. The second kappa shape index (κ2) is 10.1. The number of rotatable bonds is 7. The molecule has 1 aliphatic heterocycles. The molecule has 1 aliphatic rings. The van der Waals surface area contributed by atoms with Crippen LogP contribution in [0.1, 0.15) is 28.8 Å². The second-order valence-corrected chi connectivity index (χ2v) is 10.0. The third-order valence-corrected chi connectivity index (χ3v) is 7.24. The fourth-order valence-corrected chi connectivity index (χ4v) is 4.89. The van der Waals surface area contributed by atoms with Gasteiger partial charge in [0.05, 0.1) is 11.5 Å². The molecule has 7 heteroatoms. The maximum Gasteiger partial charge on any atom is 0.261 e. The molecular weight excluding hydrogens is 436 g/mol. The van der Waals surface area contributed by atoms with Crippen molar-refractivity contribution in [1.82, 2.24) is 4.90 Å². The molecule has 0 saturated carbocycles. The van der Waals surface area contributed by atoms with Gasteiger partial charge in [0.25, 0.3) is 15.9 Å². The monoisotopic (exact) mass is 464 g/mol. The molecule has 33 heavy (non-hydrogen) atoms. The Morgan fingerprint density at radius 3 is 2.21 bits per heavy atom. The van der Waals surface area contributed by atoms with Crippen molar-refractivity contribution in [2.45, 2.75) is 24.7 Å². The molecule has 1 N–H and O–H groups in total. The normalized spacial score (nSPS) is 14.6. The Morgan fingerprint density at radius 2 is 1.58 bits per heavy atom. The number of carbonyl (C=O) groups excluding carboxylic acids is 1. The molecule has 0 spiro atoms. The van der Waals surface area contributed by atoms with Crippen molar-refractivity contribution in [2.24, 2.45) is 5.92 Å². The molecule has 1 saturated heterocycles. The lowest BCUT2D eigenvalue weighted by atomic mass is 9.97. The van der Waals surface area contributed by atoms with Crippen LogP contribution in [0.4, 0.5) is 5.69 Å². The number of piperidine rings is 1. The summed E-state index contributed by atoms with van der Waals surface area (Å²) >= 11 is 0. The maximum atomic E-state index is 12.9. The van der Waals surface area contributed by atoms with E-state index in [0.717, 1.165) is 24.2 Å². The van der Waals surface area contributed by atoms with Gasteiger partial charge in [0.1, 0.15) is 5.75 Å². The zero-order chi connectivity index (χ0) is 23.3. The predicted molar refractivity (Wildman–Crippen MR) is 129 cm³/mol. The van der Waals surface area contributed by atoms with E-state index in [1.807, 2.05) is 54.3 Å². The number of hydrogen-bond acceptors (Lipinski definition) is 4. The van der Waals surface area contributed by atoms with E-state index in [1.165, 1.54) is 12.1 Å². The lowest BCUT2D eigenvalue weighted by molar-refractivity contribution is 0.0661. The van der Waals surface area contributed by atoms with E-state index in [-0.39, 0.29) is 10.8 Å². The van der Waals surface area contributed by atoms with E-state index in [0.29, 0.717) is 36.9 Å². The standard InChI is InChI=1S/C26H28N2O4S/c1-20-7-11-23(12-8-20)27-33(30,31)25-13-9-22(10-14-25)26(29)28-17-15-21(16-18-28)19-32-24-5-3-2-4-6-24/h2-14,21,27H,15-19H2,1H3. The van der Waals surface area contributed by atoms with Gasteiger partial charge in [-0.1, -0.05) is 35.9 Å². The fourth-order valence-electron chi connectivity index (χ4n) is 3.83. The number of nitrogens with zero attached hydrogens (tertiary/aromatic N) is 1. The molecule has 1 heterocycles. The minimum Gasteiger partial charge on any atom is -0.493 e. The summed E-state index contributed by atoms with van der Waals surface area (Å²) in [5, 5.41) is 0. The van der Waals surface area contributed by atoms with Gasteiger partial charge in [-0.15, -0.1) is 0 Å². The summed E-state index contributed by atoms with van der Waals surface area (Å²) in [5.74, 6) is 1.20. The third-order valence-electron chi connectivity index (χ3n) is 5.85. The highest BCUT2D eigenvalue weighted by atomic mass is 32.2. The zero-order valence-electron chi connectivity index (χ0n) is 18.6. The van der Waals surface area contributed by atoms with Crippen LogP contribution in [0.25, 0.3) is 0 Å². The van der Waals surface area contributed by atoms with E-state index >= 15 is 0 Å². The number of aryl methyl sites for hydroxylation is 1. The average Bonchev–Trinajstić information content (AvgIpc) is 2.85. The van der Waals surface area contributed by atoms with Crippen LogP contribution in [0.3, 0.4) is 0 Å². The number of carbonyl (C=O) groups is 1.